The zero-order valence-corrected chi connectivity index (χ0v) is 10.2. The molecular formula is C10H7N3O5S. The largest absolute Gasteiger partial charge is 0.481 e. The molecule has 0 bridgehead atoms. The Morgan fingerprint density at radius 2 is 2.16 bits per heavy atom. The van der Waals surface area contributed by atoms with Crippen molar-refractivity contribution in [3.8, 4) is 11.5 Å². The van der Waals surface area contributed by atoms with Crippen molar-refractivity contribution in [2.45, 2.75) is 5.22 Å². The third-order valence-corrected chi connectivity index (χ3v) is 2.86. The summed E-state index contributed by atoms with van der Waals surface area (Å²) < 4.78 is 5.18. The van der Waals surface area contributed by atoms with Gasteiger partial charge in [-0.1, -0.05) is 23.9 Å². The van der Waals surface area contributed by atoms with Gasteiger partial charge in [-0.3, -0.25) is 14.9 Å². The van der Waals surface area contributed by atoms with Gasteiger partial charge in [-0.2, -0.15) is 0 Å². The number of rotatable bonds is 5. The first kappa shape index (κ1) is 13.0. The molecule has 98 valence electrons. The molecular weight excluding hydrogens is 274 g/mol. The Bertz CT molecular complexity index is 627. The second kappa shape index (κ2) is 5.48. The van der Waals surface area contributed by atoms with E-state index in [0.29, 0.717) is 0 Å². The zero-order chi connectivity index (χ0) is 13.8. The van der Waals surface area contributed by atoms with Crippen LogP contribution >= 0.6 is 11.8 Å². The van der Waals surface area contributed by atoms with Gasteiger partial charge < -0.3 is 9.52 Å². The fraction of sp³-hybridized carbons (Fsp3) is 0.100. The molecule has 8 nitrogen and oxygen atoms in total. The zero-order valence-electron chi connectivity index (χ0n) is 9.35. The minimum Gasteiger partial charge on any atom is -0.481 e. The van der Waals surface area contributed by atoms with Crippen molar-refractivity contribution in [2.24, 2.45) is 0 Å². The number of hydrogen-bond donors (Lipinski definition) is 1. The average Bonchev–Trinajstić information content (AvgIpc) is 2.85. The third-order valence-electron chi connectivity index (χ3n) is 2.06. The molecule has 0 spiro atoms. The predicted molar refractivity (Wildman–Crippen MR) is 64.7 cm³/mol. The van der Waals surface area contributed by atoms with E-state index in [-0.39, 0.29) is 28.1 Å². The van der Waals surface area contributed by atoms with Crippen LogP contribution in [0.25, 0.3) is 11.5 Å². The van der Waals surface area contributed by atoms with Gasteiger partial charge in [0.1, 0.15) is 11.3 Å². The lowest BCUT2D eigenvalue weighted by Gasteiger charge is -1.96. The summed E-state index contributed by atoms with van der Waals surface area (Å²) in [4.78, 5) is 20.7. The van der Waals surface area contributed by atoms with Crippen LogP contribution in [0.3, 0.4) is 0 Å². The maximum absolute atomic E-state index is 10.8. The molecule has 2 aromatic rings. The maximum Gasteiger partial charge on any atom is 0.314 e. The van der Waals surface area contributed by atoms with Crippen LogP contribution in [0, 0.1) is 10.1 Å². The highest BCUT2D eigenvalue weighted by Crippen LogP contribution is 2.30. The van der Waals surface area contributed by atoms with Crippen molar-refractivity contribution in [3.05, 3.63) is 34.4 Å². The number of nitro groups is 1. The molecule has 0 radical (unpaired) electrons. The average molecular weight is 281 g/mol. The Morgan fingerprint density at radius 3 is 2.84 bits per heavy atom. The number of carboxylic acids is 1. The Labute approximate surface area is 110 Å². The molecule has 0 unspecified atom stereocenters. The minimum atomic E-state index is -1.02. The van der Waals surface area contributed by atoms with E-state index in [0.717, 1.165) is 11.8 Å². The number of nitro benzene ring substituents is 1. The summed E-state index contributed by atoms with van der Waals surface area (Å²) in [5.74, 6) is -1.26. The van der Waals surface area contributed by atoms with E-state index in [9.17, 15) is 14.9 Å². The van der Waals surface area contributed by atoms with Gasteiger partial charge in [-0.15, -0.1) is 10.2 Å². The number of nitrogens with zero attached hydrogens (tertiary/aromatic N) is 3. The molecule has 0 saturated heterocycles. The molecule has 1 N–H and O–H groups in total. The number of aromatic nitrogens is 2. The standard InChI is InChI=1S/C10H7N3O5S/c14-8(15)5-19-10-12-11-9(18-10)6-3-1-2-4-7(6)13(16)17/h1-4H,5H2,(H,14,15). The monoisotopic (exact) mass is 281 g/mol. The minimum absolute atomic E-state index is 0.0137. The van der Waals surface area contributed by atoms with Crippen LogP contribution in [-0.2, 0) is 4.79 Å². The molecule has 1 heterocycles. The van der Waals surface area contributed by atoms with Gasteiger partial charge in [0.2, 0.25) is 0 Å². The third kappa shape index (κ3) is 3.07. The Balaban J connectivity index is 2.28. The second-order valence-corrected chi connectivity index (χ2v) is 4.26. The quantitative estimate of drug-likeness (QED) is 0.500. The van der Waals surface area contributed by atoms with E-state index in [1.807, 2.05) is 0 Å². The van der Waals surface area contributed by atoms with E-state index < -0.39 is 10.9 Å². The summed E-state index contributed by atoms with van der Waals surface area (Å²) >= 11 is 0.849. The van der Waals surface area contributed by atoms with Crippen LogP contribution in [0.2, 0.25) is 0 Å². The van der Waals surface area contributed by atoms with Crippen LogP contribution in [-0.4, -0.2) is 31.9 Å². The van der Waals surface area contributed by atoms with Crippen molar-refractivity contribution in [3.63, 3.8) is 0 Å². The topological polar surface area (TPSA) is 119 Å². The number of hydrogen-bond acceptors (Lipinski definition) is 7. The van der Waals surface area contributed by atoms with E-state index in [2.05, 4.69) is 10.2 Å². The summed E-state index contributed by atoms with van der Waals surface area (Å²) in [6.07, 6.45) is 0. The van der Waals surface area contributed by atoms with Gasteiger partial charge in [-0.05, 0) is 6.07 Å². The highest BCUT2D eigenvalue weighted by Gasteiger charge is 2.19. The van der Waals surface area contributed by atoms with Crippen LogP contribution in [0.4, 0.5) is 5.69 Å². The first-order valence-electron chi connectivity index (χ1n) is 5.00. The number of carboxylic acid groups (broad SMARTS) is 1. The van der Waals surface area contributed by atoms with Crippen molar-refractivity contribution in [2.75, 3.05) is 5.75 Å². The number of thioether (sulfide) groups is 1. The molecule has 0 saturated carbocycles. The van der Waals surface area contributed by atoms with Crippen molar-refractivity contribution in [1.82, 2.24) is 10.2 Å². The van der Waals surface area contributed by atoms with Gasteiger partial charge >= 0.3 is 5.97 Å². The second-order valence-electron chi connectivity index (χ2n) is 3.33. The van der Waals surface area contributed by atoms with Gasteiger partial charge in [0.15, 0.2) is 0 Å². The van der Waals surface area contributed by atoms with E-state index in [1.165, 1.54) is 18.2 Å². The molecule has 9 heteroatoms. The fourth-order valence-electron chi connectivity index (χ4n) is 1.31. The molecule has 0 atom stereocenters. The molecule has 1 aromatic carbocycles. The number of benzene rings is 1. The molecule has 19 heavy (non-hydrogen) atoms. The molecule has 1 aromatic heterocycles. The maximum atomic E-state index is 10.8. The summed E-state index contributed by atoms with van der Waals surface area (Å²) in [6.45, 7) is 0. The van der Waals surface area contributed by atoms with Gasteiger partial charge in [0, 0.05) is 6.07 Å². The highest BCUT2D eigenvalue weighted by molar-refractivity contribution is 7.99. The van der Waals surface area contributed by atoms with Gasteiger partial charge in [0.05, 0.1) is 4.92 Å². The van der Waals surface area contributed by atoms with Crippen molar-refractivity contribution in [1.29, 1.82) is 0 Å². The summed E-state index contributed by atoms with van der Waals surface area (Å²) in [5, 5.41) is 26.7. The normalized spacial score (nSPS) is 10.3. The van der Waals surface area contributed by atoms with Crippen LogP contribution in [0.1, 0.15) is 0 Å². The van der Waals surface area contributed by atoms with Crippen LogP contribution in [0.15, 0.2) is 33.9 Å². The predicted octanol–water partition coefficient (Wildman–Crippen LogP) is 1.82. The van der Waals surface area contributed by atoms with E-state index >= 15 is 0 Å². The smallest absolute Gasteiger partial charge is 0.314 e. The Kier molecular flexibility index (Phi) is 3.76. The lowest BCUT2D eigenvalue weighted by atomic mass is 10.2. The Morgan fingerprint density at radius 1 is 1.42 bits per heavy atom. The highest BCUT2D eigenvalue weighted by atomic mass is 32.2. The molecule has 2 rings (SSSR count). The molecule has 0 fully saturated rings. The molecule has 0 aliphatic heterocycles. The Hall–Kier alpha value is -2.42. The number of carbonyl (C=O) groups is 1. The lowest BCUT2D eigenvalue weighted by Crippen LogP contribution is -1.97. The van der Waals surface area contributed by atoms with Crippen LogP contribution < -0.4 is 0 Å². The first-order valence-corrected chi connectivity index (χ1v) is 5.98. The van der Waals surface area contributed by atoms with Gasteiger partial charge in [-0.25, -0.2) is 0 Å². The van der Waals surface area contributed by atoms with Gasteiger partial charge in [0.25, 0.3) is 16.8 Å². The SMILES string of the molecule is O=C(O)CSc1nnc(-c2ccccc2[N+](=O)[O-])o1. The summed E-state index contributed by atoms with van der Waals surface area (Å²) in [5.41, 5.74) is 0.0445. The molecule has 0 aliphatic rings. The number of para-hydroxylation sites is 1. The summed E-state index contributed by atoms with van der Waals surface area (Å²) in [7, 11) is 0. The van der Waals surface area contributed by atoms with Crippen molar-refractivity contribution >= 4 is 23.4 Å². The number of aliphatic carboxylic acids is 1. The first-order chi connectivity index (χ1) is 9.08. The lowest BCUT2D eigenvalue weighted by molar-refractivity contribution is -0.384. The molecule has 0 aliphatic carbocycles. The fourth-order valence-corrected chi connectivity index (χ4v) is 1.80. The summed E-state index contributed by atoms with van der Waals surface area (Å²) in [6, 6.07) is 5.94. The molecule has 0 amide bonds. The van der Waals surface area contributed by atoms with Crippen LogP contribution in [0.5, 0.6) is 0 Å². The van der Waals surface area contributed by atoms with Crippen molar-refractivity contribution < 1.29 is 19.2 Å². The van der Waals surface area contributed by atoms with E-state index in [1.54, 1.807) is 6.07 Å². The van der Waals surface area contributed by atoms with E-state index in [4.69, 9.17) is 9.52 Å².